The number of halogens is 4. The number of carboxylic acid groups (broad SMARTS) is 1. The zero-order valence-corrected chi connectivity index (χ0v) is 14.7. The largest absolute Gasteiger partial charge is 0.481 e. The molecule has 1 heterocycles. The fourth-order valence-electron chi connectivity index (χ4n) is 3.44. The number of rotatable bonds is 4. The highest BCUT2D eigenvalue weighted by Gasteiger charge is 2.47. The van der Waals surface area contributed by atoms with Gasteiger partial charge in [-0.05, 0) is 49.9 Å². The molecule has 1 aliphatic carbocycles. The number of likely N-dealkylation sites (tertiary alicyclic amines) is 1. The van der Waals surface area contributed by atoms with Crippen LogP contribution in [0.1, 0.15) is 37.3 Å². The molecule has 1 unspecified atom stereocenters. The van der Waals surface area contributed by atoms with Gasteiger partial charge in [0.2, 0.25) is 0 Å². The summed E-state index contributed by atoms with van der Waals surface area (Å²) in [7, 11) is 0. The van der Waals surface area contributed by atoms with Crippen LogP contribution in [0.3, 0.4) is 0 Å². The van der Waals surface area contributed by atoms with Crippen molar-refractivity contribution in [2.24, 2.45) is 5.41 Å². The molecular formula is C18H20F4N2O3. The van der Waals surface area contributed by atoms with Crippen molar-refractivity contribution in [3.8, 4) is 0 Å². The summed E-state index contributed by atoms with van der Waals surface area (Å²) in [6.07, 6.45) is -3.23. The van der Waals surface area contributed by atoms with Crippen LogP contribution in [0.2, 0.25) is 0 Å². The van der Waals surface area contributed by atoms with Crippen LogP contribution >= 0.6 is 0 Å². The lowest BCUT2D eigenvalue weighted by molar-refractivity contribution is -0.147. The van der Waals surface area contributed by atoms with Crippen LogP contribution in [0.4, 0.5) is 22.4 Å². The van der Waals surface area contributed by atoms with Gasteiger partial charge in [-0.15, -0.1) is 0 Å². The molecule has 1 aromatic rings. The van der Waals surface area contributed by atoms with Gasteiger partial charge in [0.05, 0.1) is 11.0 Å². The van der Waals surface area contributed by atoms with Gasteiger partial charge in [0.25, 0.3) is 0 Å². The quantitative estimate of drug-likeness (QED) is 0.777. The number of nitrogens with one attached hydrogen (secondary N) is 1. The van der Waals surface area contributed by atoms with Crippen LogP contribution < -0.4 is 5.32 Å². The first-order valence-electron chi connectivity index (χ1n) is 8.60. The number of amides is 2. The van der Waals surface area contributed by atoms with Crippen molar-refractivity contribution in [3.63, 3.8) is 0 Å². The molecule has 1 atom stereocenters. The van der Waals surface area contributed by atoms with E-state index in [1.807, 2.05) is 0 Å². The Kier molecular flexibility index (Phi) is 4.60. The molecule has 9 heteroatoms. The molecule has 0 radical (unpaired) electrons. The molecule has 27 heavy (non-hydrogen) atoms. The lowest BCUT2D eigenvalue weighted by atomic mass is 9.90. The topological polar surface area (TPSA) is 69.6 Å². The Morgan fingerprint density at radius 3 is 2.41 bits per heavy atom. The van der Waals surface area contributed by atoms with E-state index in [1.54, 1.807) is 6.92 Å². The summed E-state index contributed by atoms with van der Waals surface area (Å²) in [5, 5.41) is 11.9. The van der Waals surface area contributed by atoms with E-state index in [9.17, 15) is 32.3 Å². The summed E-state index contributed by atoms with van der Waals surface area (Å²) in [5.74, 6) is -1.94. The fraction of sp³-hybridized carbons (Fsp3) is 0.556. The SMILES string of the molecule is CC1(C(=O)O)CCN(C(=O)NCC2(c3cc(F)cc(C(F)(F)F)c3)CC2)C1. The molecule has 1 saturated carbocycles. The molecule has 2 aliphatic rings. The standard InChI is InChI=1S/C18H20F4N2O3/c1-16(14(25)26)4-5-24(10-16)15(27)23-9-17(2-3-17)11-6-12(18(20,21)22)8-13(19)7-11/h6-8H,2-5,9-10H2,1H3,(H,23,27)(H,25,26). The summed E-state index contributed by atoms with van der Waals surface area (Å²) in [6.45, 7) is 2.00. The van der Waals surface area contributed by atoms with Gasteiger partial charge < -0.3 is 15.3 Å². The monoisotopic (exact) mass is 388 g/mol. The smallest absolute Gasteiger partial charge is 0.416 e. The molecule has 2 amide bonds. The molecule has 1 aromatic carbocycles. The third kappa shape index (κ3) is 3.86. The van der Waals surface area contributed by atoms with Crippen molar-refractivity contribution in [1.29, 1.82) is 0 Å². The van der Waals surface area contributed by atoms with E-state index in [0.29, 0.717) is 31.9 Å². The third-order valence-corrected chi connectivity index (χ3v) is 5.55. The highest BCUT2D eigenvalue weighted by Crippen LogP contribution is 2.49. The van der Waals surface area contributed by atoms with Gasteiger partial charge in [0.1, 0.15) is 5.82 Å². The van der Waals surface area contributed by atoms with Gasteiger partial charge >= 0.3 is 18.2 Å². The highest BCUT2D eigenvalue weighted by molar-refractivity contribution is 5.79. The maximum atomic E-state index is 13.7. The van der Waals surface area contributed by atoms with Crippen LogP contribution in [0.25, 0.3) is 0 Å². The molecule has 2 N–H and O–H groups in total. The first kappa shape index (κ1) is 19.4. The van der Waals surface area contributed by atoms with Crippen LogP contribution in [-0.4, -0.2) is 41.6 Å². The van der Waals surface area contributed by atoms with E-state index in [4.69, 9.17) is 0 Å². The Bertz CT molecular complexity index is 776. The molecule has 0 aromatic heterocycles. The van der Waals surface area contributed by atoms with Crippen molar-refractivity contribution in [2.75, 3.05) is 19.6 Å². The maximum absolute atomic E-state index is 13.7. The third-order valence-electron chi connectivity index (χ3n) is 5.55. The Balaban J connectivity index is 1.68. The number of hydrogen-bond acceptors (Lipinski definition) is 2. The number of urea groups is 1. The molecule has 2 fully saturated rings. The van der Waals surface area contributed by atoms with Crippen molar-refractivity contribution in [1.82, 2.24) is 10.2 Å². The molecule has 1 saturated heterocycles. The summed E-state index contributed by atoms with van der Waals surface area (Å²) in [6, 6.07) is 2.00. The number of benzene rings is 1. The zero-order valence-electron chi connectivity index (χ0n) is 14.7. The Morgan fingerprint density at radius 1 is 1.22 bits per heavy atom. The molecule has 5 nitrogen and oxygen atoms in total. The van der Waals surface area contributed by atoms with E-state index in [2.05, 4.69) is 5.32 Å². The summed E-state index contributed by atoms with van der Waals surface area (Å²) < 4.78 is 52.4. The highest BCUT2D eigenvalue weighted by atomic mass is 19.4. The summed E-state index contributed by atoms with van der Waals surface area (Å²) >= 11 is 0. The summed E-state index contributed by atoms with van der Waals surface area (Å²) in [4.78, 5) is 25.0. The molecule has 3 rings (SSSR count). The number of aliphatic carboxylic acids is 1. The normalized spacial score (nSPS) is 24.0. The minimum absolute atomic E-state index is 0.0688. The Labute approximate surface area is 153 Å². The van der Waals surface area contributed by atoms with Crippen molar-refractivity contribution in [3.05, 3.63) is 35.1 Å². The number of carbonyl (C=O) groups excluding carboxylic acids is 1. The zero-order chi connectivity index (χ0) is 20.0. The predicted molar refractivity (Wildman–Crippen MR) is 87.6 cm³/mol. The predicted octanol–water partition coefficient (Wildman–Crippen LogP) is 3.38. The van der Waals surface area contributed by atoms with Crippen LogP contribution in [-0.2, 0) is 16.4 Å². The Hall–Kier alpha value is -2.32. The van der Waals surface area contributed by atoms with Crippen molar-refractivity contribution >= 4 is 12.0 Å². The first-order chi connectivity index (χ1) is 12.5. The number of hydrogen-bond donors (Lipinski definition) is 2. The number of carboxylic acids is 1. The minimum atomic E-state index is -4.65. The van der Waals surface area contributed by atoms with Crippen LogP contribution in [0, 0.1) is 11.2 Å². The van der Waals surface area contributed by atoms with Crippen molar-refractivity contribution < 1.29 is 32.3 Å². The fourth-order valence-corrected chi connectivity index (χ4v) is 3.44. The van der Waals surface area contributed by atoms with Crippen LogP contribution in [0.5, 0.6) is 0 Å². The van der Waals surface area contributed by atoms with Gasteiger partial charge in [-0.25, -0.2) is 9.18 Å². The lowest BCUT2D eigenvalue weighted by Crippen LogP contribution is -2.43. The van der Waals surface area contributed by atoms with Gasteiger partial charge in [0.15, 0.2) is 0 Å². The number of nitrogens with zero attached hydrogens (tertiary/aromatic N) is 1. The van der Waals surface area contributed by atoms with Gasteiger partial charge in [-0.2, -0.15) is 13.2 Å². The second kappa shape index (κ2) is 6.38. The maximum Gasteiger partial charge on any atom is 0.416 e. The van der Waals surface area contributed by atoms with E-state index in [0.717, 1.165) is 12.1 Å². The average Bonchev–Trinajstić information content (AvgIpc) is 3.26. The van der Waals surface area contributed by atoms with E-state index in [1.165, 1.54) is 4.90 Å². The second-order valence-electron chi connectivity index (χ2n) is 7.70. The minimum Gasteiger partial charge on any atom is -0.481 e. The average molecular weight is 388 g/mol. The van der Waals surface area contributed by atoms with Gasteiger partial charge in [0, 0.05) is 25.0 Å². The number of carbonyl (C=O) groups is 2. The molecular weight excluding hydrogens is 368 g/mol. The summed E-state index contributed by atoms with van der Waals surface area (Å²) in [5.41, 5.74) is -2.55. The van der Waals surface area contributed by atoms with Crippen LogP contribution in [0.15, 0.2) is 18.2 Å². The van der Waals surface area contributed by atoms with Gasteiger partial charge in [-0.3, -0.25) is 4.79 Å². The number of alkyl halides is 3. The van der Waals surface area contributed by atoms with E-state index >= 15 is 0 Å². The van der Waals surface area contributed by atoms with Gasteiger partial charge in [-0.1, -0.05) is 0 Å². The molecule has 0 spiro atoms. The van der Waals surface area contributed by atoms with Crippen molar-refractivity contribution in [2.45, 2.75) is 37.8 Å². The molecule has 1 aliphatic heterocycles. The lowest BCUT2D eigenvalue weighted by Gasteiger charge is -2.23. The van der Waals surface area contributed by atoms with E-state index < -0.39 is 40.4 Å². The molecule has 0 bridgehead atoms. The second-order valence-corrected chi connectivity index (χ2v) is 7.70. The molecule has 148 valence electrons. The first-order valence-corrected chi connectivity index (χ1v) is 8.60. The van der Waals surface area contributed by atoms with E-state index in [-0.39, 0.29) is 18.7 Å². The Morgan fingerprint density at radius 2 is 1.89 bits per heavy atom.